The second kappa shape index (κ2) is 5.18. The molecule has 1 saturated carbocycles. The molecule has 96 valence electrons. The Balaban J connectivity index is 2.09. The van der Waals surface area contributed by atoms with E-state index in [-0.39, 0.29) is 17.7 Å². The first-order valence-electron chi connectivity index (χ1n) is 5.85. The molecule has 0 spiro atoms. The molecular weight excluding hydrogens is 232 g/mol. The van der Waals surface area contributed by atoms with Crippen molar-refractivity contribution in [2.45, 2.75) is 12.8 Å². The summed E-state index contributed by atoms with van der Waals surface area (Å²) in [6.07, 6.45) is 1.91. The average Bonchev–Trinajstić information content (AvgIpc) is 3.21. The highest BCUT2D eigenvalue weighted by Gasteiger charge is 2.29. The molecule has 1 N–H and O–H groups in total. The Morgan fingerprint density at radius 1 is 1.39 bits per heavy atom. The lowest BCUT2D eigenvalue weighted by molar-refractivity contribution is -0.117. The number of carbonyl (C=O) groups excluding carboxylic acids is 2. The summed E-state index contributed by atoms with van der Waals surface area (Å²) in [5, 5.41) is 3.95. The van der Waals surface area contributed by atoms with E-state index in [0.717, 1.165) is 17.9 Å². The second-order valence-corrected chi connectivity index (χ2v) is 4.33. The normalized spacial score (nSPS) is 14.1. The van der Waals surface area contributed by atoms with Gasteiger partial charge in [-0.05, 0) is 31.0 Å². The summed E-state index contributed by atoms with van der Waals surface area (Å²) in [5.41, 5.74) is 1.12. The van der Waals surface area contributed by atoms with Crippen molar-refractivity contribution in [3.8, 4) is 0 Å². The summed E-state index contributed by atoms with van der Waals surface area (Å²) in [4.78, 5) is 28.3. The zero-order valence-corrected chi connectivity index (χ0v) is 10.5. The molecule has 0 aliphatic heterocycles. The maximum Gasteiger partial charge on any atom is 0.277 e. The monoisotopic (exact) mass is 248 g/mol. The van der Waals surface area contributed by atoms with Gasteiger partial charge >= 0.3 is 0 Å². The van der Waals surface area contributed by atoms with Gasteiger partial charge in [0, 0.05) is 24.2 Å². The Hall–Kier alpha value is -1.88. The number of amides is 2. The van der Waals surface area contributed by atoms with Crippen molar-refractivity contribution in [2.75, 3.05) is 19.5 Å². The van der Waals surface area contributed by atoms with Gasteiger partial charge in [-0.1, -0.05) is 6.07 Å². The average molecular weight is 248 g/mol. The summed E-state index contributed by atoms with van der Waals surface area (Å²) < 4.78 is 0. The molecule has 0 saturated heterocycles. The first-order valence-corrected chi connectivity index (χ1v) is 5.85. The van der Waals surface area contributed by atoms with E-state index in [1.54, 1.807) is 24.3 Å². The first-order chi connectivity index (χ1) is 8.61. The molecule has 1 aromatic carbocycles. The summed E-state index contributed by atoms with van der Waals surface area (Å²) in [7, 11) is 2.97. The van der Waals surface area contributed by atoms with Crippen LogP contribution in [0.25, 0.3) is 0 Å². The Morgan fingerprint density at radius 2 is 2.11 bits per heavy atom. The van der Waals surface area contributed by atoms with Crippen LogP contribution in [0.15, 0.2) is 24.3 Å². The van der Waals surface area contributed by atoms with Crippen molar-refractivity contribution >= 4 is 17.5 Å². The van der Waals surface area contributed by atoms with Gasteiger partial charge in [0.25, 0.3) is 5.91 Å². The van der Waals surface area contributed by atoms with Gasteiger partial charge in [0.05, 0.1) is 7.11 Å². The topological polar surface area (TPSA) is 58.6 Å². The van der Waals surface area contributed by atoms with Crippen molar-refractivity contribution in [3.63, 3.8) is 0 Å². The lowest BCUT2D eigenvalue weighted by atomic mass is 10.2. The molecule has 1 aliphatic carbocycles. The maximum absolute atomic E-state index is 11.8. The molecule has 0 atom stereocenters. The predicted molar refractivity (Wildman–Crippen MR) is 66.9 cm³/mol. The number of nitrogens with zero attached hydrogens (tertiary/aromatic N) is 1. The fraction of sp³-hybridized carbons (Fsp3) is 0.385. The highest BCUT2D eigenvalue weighted by Crippen LogP contribution is 2.30. The van der Waals surface area contributed by atoms with Crippen LogP contribution in [-0.2, 0) is 9.63 Å². The van der Waals surface area contributed by atoms with Crippen molar-refractivity contribution in [1.29, 1.82) is 0 Å². The molecule has 0 aromatic heterocycles. The molecule has 18 heavy (non-hydrogen) atoms. The van der Waals surface area contributed by atoms with Crippen molar-refractivity contribution in [2.24, 2.45) is 5.92 Å². The summed E-state index contributed by atoms with van der Waals surface area (Å²) in [5.74, 6) is -0.0780. The number of carbonyl (C=O) groups is 2. The molecule has 2 amide bonds. The van der Waals surface area contributed by atoms with E-state index in [0.29, 0.717) is 11.3 Å². The van der Waals surface area contributed by atoms with Gasteiger partial charge in [-0.25, -0.2) is 5.06 Å². The number of anilines is 1. The van der Waals surface area contributed by atoms with E-state index in [2.05, 4.69) is 5.32 Å². The van der Waals surface area contributed by atoms with E-state index < -0.39 is 0 Å². The maximum atomic E-state index is 11.8. The van der Waals surface area contributed by atoms with Gasteiger partial charge in [0.2, 0.25) is 5.91 Å². The molecule has 0 radical (unpaired) electrons. The van der Waals surface area contributed by atoms with Crippen LogP contribution in [0, 0.1) is 5.92 Å². The van der Waals surface area contributed by atoms with Gasteiger partial charge < -0.3 is 5.32 Å². The molecular formula is C13H16N2O3. The third-order valence-corrected chi connectivity index (χ3v) is 2.89. The number of rotatable bonds is 4. The molecule has 1 aromatic rings. The standard InChI is InChI=1S/C13H16N2O3/c1-15(18-2)13(17)10-4-3-5-11(8-10)14-12(16)9-6-7-9/h3-5,8-9H,6-7H2,1-2H3,(H,14,16). The lowest BCUT2D eigenvalue weighted by Crippen LogP contribution is -2.25. The van der Waals surface area contributed by atoms with Gasteiger partial charge in [-0.15, -0.1) is 0 Å². The van der Waals surface area contributed by atoms with Crippen LogP contribution >= 0.6 is 0 Å². The quantitative estimate of drug-likeness (QED) is 0.824. The van der Waals surface area contributed by atoms with Crippen molar-refractivity contribution < 1.29 is 14.4 Å². The SMILES string of the molecule is CON(C)C(=O)c1cccc(NC(=O)C2CC2)c1. The highest BCUT2D eigenvalue weighted by molar-refractivity contribution is 5.97. The Labute approximate surface area is 106 Å². The van der Waals surface area contributed by atoms with Crippen molar-refractivity contribution in [3.05, 3.63) is 29.8 Å². The molecule has 1 fully saturated rings. The van der Waals surface area contributed by atoms with Crippen LogP contribution in [0.3, 0.4) is 0 Å². The molecule has 1 aliphatic rings. The third-order valence-electron chi connectivity index (χ3n) is 2.89. The molecule has 5 heteroatoms. The van der Waals surface area contributed by atoms with Crippen LogP contribution in [0.5, 0.6) is 0 Å². The lowest BCUT2D eigenvalue weighted by Gasteiger charge is -2.14. The van der Waals surface area contributed by atoms with Crippen LogP contribution in [0.2, 0.25) is 0 Å². The summed E-state index contributed by atoms with van der Waals surface area (Å²) in [6.45, 7) is 0. The van der Waals surface area contributed by atoms with Gasteiger partial charge in [-0.2, -0.15) is 0 Å². The minimum absolute atomic E-state index is 0.0275. The fourth-order valence-electron chi connectivity index (χ4n) is 1.58. The van der Waals surface area contributed by atoms with Crippen LogP contribution in [0.4, 0.5) is 5.69 Å². The molecule has 0 heterocycles. The minimum Gasteiger partial charge on any atom is -0.326 e. The smallest absolute Gasteiger partial charge is 0.277 e. The zero-order valence-electron chi connectivity index (χ0n) is 10.5. The van der Waals surface area contributed by atoms with Crippen LogP contribution in [0.1, 0.15) is 23.2 Å². The van der Waals surface area contributed by atoms with E-state index in [9.17, 15) is 9.59 Å². The zero-order chi connectivity index (χ0) is 13.1. The van der Waals surface area contributed by atoms with E-state index in [1.807, 2.05) is 0 Å². The largest absolute Gasteiger partial charge is 0.326 e. The van der Waals surface area contributed by atoms with E-state index in [1.165, 1.54) is 14.2 Å². The summed E-state index contributed by atoms with van der Waals surface area (Å²) in [6, 6.07) is 6.84. The van der Waals surface area contributed by atoms with Crippen molar-refractivity contribution in [1.82, 2.24) is 5.06 Å². The third kappa shape index (κ3) is 2.87. The van der Waals surface area contributed by atoms with Gasteiger partial charge in [-0.3, -0.25) is 14.4 Å². The Bertz CT molecular complexity index is 469. The van der Waals surface area contributed by atoms with E-state index in [4.69, 9.17) is 4.84 Å². The number of benzene rings is 1. The Kier molecular flexibility index (Phi) is 3.62. The fourth-order valence-corrected chi connectivity index (χ4v) is 1.58. The number of hydrogen-bond acceptors (Lipinski definition) is 3. The van der Waals surface area contributed by atoms with Gasteiger partial charge in [0.15, 0.2) is 0 Å². The highest BCUT2D eigenvalue weighted by atomic mass is 16.7. The second-order valence-electron chi connectivity index (χ2n) is 4.33. The molecule has 0 unspecified atom stereocenters. The number of nitrogens with one attached hydrogen (secondary N) is 1. The number of hydrogen-bond donors (Lipinski definition) is 1. The predicted octanol–water partition coefficient (Wildman–Crippen LogP) is 1.67. The Morgan fingerprint density at radius 3 is 2.72 bits per heavy atom. The van der Waals surface area contributed by atoms with Crippen LogP contribution in [-0.4, -0.2) is 31.0 Å². The number of hydroxylamine groups is 2. The summed E-state index contributed by atoms with van der Waals surface area (Å²) >= 11 is 0. The minimum atomic E-state index is -0.250. The van der Waals surface area contributed by atoms with Gasteiger partial charge in [0.1, 0.15) is 0 Å². The van der Waals surface area contributed by atoms with Crippen LogP contribution < -0.4 is 5.32 Å². The molecule has 0 bridgehead atoms. The molecule has 5 nitrogen and oxygen atoms in total. The van der Waals surface area contributed by atoms with E-state index >= 15 is 0 Å². The first kappa shape index (κ1) is 12.6. The molecule has 2 rings (SSSR count).